The van der Waals surface area contributed by atoms with Crippen molar-refractivity contribution >= 4 is 11.8 Å². The van der Waals surface area contributed by atoms with Crippen LogP contribution in [0.25, 0.3) is 0 Å². The van der Waals surface area contributed by atoms with E-state index in [-0.39, 0.29) is 12.5 Å². The highest BCUT2D eigenvalue weighted by atomic mass is 32.2. The fourth-order valence-electron chi connectivity index (χ4n) is 1.35. The van der Waals surface area contributed by atoms with E-state index in [0.29, 0.717) is 0 Å². The Labute approximate surface area is 112 Å². The van der Waals surface area contributed by atoms with Crippen LogP contribution in [0.4, 0.5) is 4.39 Å². The number of aliphatic hydroxyl groups excluding tert-OH is 1. The molecule has 6 heteroatoms. The summed E-state index contributed by atoms with van der Waals surface area (Å²) in [6.07, 6.45) is -0.0183. The summed E-state index contributed by atoms with van der Waals surface area (Å²) >= 11 is 1.48. The fourth-order valence-corrected chi connectivity index (χ4v) is 2.30. The average molecular weight is 282 g/mol. The van der Waals surface area contributed by atoms with Gasteiger partial charge in [-0.3, -0.25) is 0 Å². The lowest BCUT2D eigenvalue weighted by Gasteiger charge is -2.28. The molecule has 0 aliphatic carbocycles. The third-order valence-electron chi connectivity index (χ3n) is 2.47. The molecule has 0 radical (unpaired) electrons. The number of thioether (sulfide) groups is 1. The molecule has 0 fully saturated rings. The molecule has 0 aromatic carbocycles. The number of aliphatic hydroxyl groups is 1. The van der Waals surface area contributed by atoms with Crippen LogP contribution >= 0.6 is 11.8 Å². The van der Waals surface area contributed by atoms with Crippen molar-refractivity contribution in [1.82, 2.24) is 0 Å². The van der Waals surface area contributed by atoms with E-state index in [1.54, 1.807) is 7.11 Å². The first-order chi connectivity index (χ1) is 8.43. The first kappa shape index (κ1) is 17.9. The molecule has 0 heterocycles. The van der Waals surface area contributed by atoms with Gasteiger partial charge in [-0.15, -0.1) is 11.8 Å². The van der Waals surface area contributed by atoms with E-state index in [1.165, 1.54) is 26.0 Å². The summed E-state index contributed by atoms with van der Waals surface area (Å²) in [5, 5.41) is 9.50. The van der Waals surface area contributed by atoms with E-state index >= 15 is 0 Å². The molecule has 0 bridgehead atoms. The van der Waals surface area contributed by atoms with Crippen LogP contribution in [0.2, 0.25) is 0 Å². The second-order valence-electron chi connectivity index (χ2n) is 3.76. The summed E-state index contributed by atoms with van der Waals surface area (Å²) in [6, 6.07) is 0. The quantitative estimate of drug-likeness (QED) is 0.658. The standard InChI is InChI=1S/C12H23FO4S/c1-6-18-10(7-9(2)15-3)8-12(13,17-5)11(14)16-4/h7,9,11,14H,6,8H2,1-5H3/b10-7+. The molecule has 3 atom stereocenters. The molecule has 1 N–H and O–H groups in total. The number of alkyl halides is 1. The van der Waals surface area contributed by atoms with Crippen LogP contribution in [-0.4, -0.2) is 50.4 Å². The van der Waals surface area contributed by atoms with Gasteiger partial charge in [-0.2, -0.15) is 0 Å². The Morgan fingerprint density at radius 3 is 2.39 bits per heavy atom. The maximum absolute atomic E-state index is 14.4. The molecule has 0 saturated heterocycles. The van der Waals surface area contributed by atoms with Gasteiger partial charge in [-0.05, 0) is 23.7 Å². The van der Waals surface area contributed by atoms with Crippen LogP contribution in [0.5, 0.6) is 0 Å². The van der Waals surface area contributed by atoms with Crippen molar-refractivity contribution in [1.29, 1.82) is 0 Å². The van der Waals surface area contributed by atoms with Gasteiger partial charge in [-0.1, -0.05) is 6.92 Å². The monoisotopic (exact) mass is 282 g/mol. The van der Waals surface area contributed by atoms with Crippen LogP contribution < -0.4 is 0 Å². The highest BCUT2D eigenvalue weighted by molar-refractivity contribution is 8.03. The summed E-state index contributed by atoms with van der Waals surface area (Å²) in [6.45, 7) is 3.82. The first-order valence-electron chi connectivity index (χ1n) is 5.74. The minimum absolute atomic E-state index is 0.0787. The molecular weight excluding hydrogens is 259 g/mol. The highest BCUT2D eigenvalue weighted by Crippen LogP contribution is 2.32. The molecule has 0 amide bonds. The zero-order valence-electron chi connectivity index (χ0n) is 11.6. The second-order valence-corrected chi connectivity index (χ2v) is 5.15. The van der Waals surface area contributed by atoms with Crippen LogP contribution in [0.3, 0.4) is 0 Å². The number of halogens is 1. The molecule has 0 aliphatic heterocycles. The summed E-state index contributed by atoms with van der Waals surface area (Å²) in [7, 11) is 4.01. The van der Waals surface area contributed by atoms with E-state index in [1.807, 2.05) is 19.9 Å². The lowest BCUT2D eigenvalue weighted by Crippen LogP contribution is -2.41. The third kappa shape index (κ3) is 5.67. The van der Waals surface area contributed by atoms with Crippen molar-refractivity contribution in [2.24, 2.45) is 0 Å². The number of ether oxygens (including phenoxy) is 3. The predicted octanol–water partition coefficient (Wildman–Crippen LogP) is 2.33. The van der Waals surface area contributed by atoms with E-state index in [9.17, 15) is 9.50 Å². The Bertz CT molecular complexity index is 262. The first-order valence-corrected chi connectivity index (χ1v) is 6.73. The van der Waals surface area contributed by atoms with Crippen LogP contribution in [0.15, 0.2) is 11.0 Å². The largest absolute Gasteiger partial charge is 0.378 e. The number of rotatable bonds is 9. The fraction of sp³-hybridized carbons (Fsp3) is 0.833. The molecule has 3 unspecified atom stereocenters. The Hall–Kier alpha value is -0.140. The van der Waals surface area contributed by atoms with Crippen molar-refractivity contribution in [2.45, 2.75) is 38.5 Å². The molecule has 0 rings (SSSR count). The van der Waals surface area contributed by atoms with Gasteiger partial charge in [0.05, 0.1) is 6.10 Å². The Balaban J connectivity index is 4.88. The van der Waals surface area contributed by atoms with Gasteiger partial charge in [-0.25, -0.2) is 4.39 Å². The van der Waals surface area contributed by atoms with Crippen LogP contribution in [-0.2, 0) is 14.2 Å². The smallest absolute Gasteiger partial charge is 0.264 e. The van der Waals surface area contributed by atoms with Crippen molar-refractivity contribution in [2.75, 3.05) is 27.1 Å². The summed E-state index contributed by atoms with van der Waals surface area (Å²) < 4.78 is 28.8. The minimum Gasteiger partial charge on any atom is -0.378 e. The molecule has 0 saturated carbocycles. The maximum atomic E-state index is 14.4. The molecular formula is C12H23FO4S. The van der Waals surface area contributed by atoms with Crippen molar-refractivity contribution in [3.63, 3.8) is 0 Å². The zero-order valence-corrected chi connectivity index (χ0v) is 12.4. The van der Waals surface area contributed by atoms with Crippen LogP contribution in [0.1, 0.15) is 20.3 Å². The summed E-state index contributed by atoms with van der Waals surface area (Å²) in [4.78, 5) is 0.757. The number of hydrogen-bond donors (Lipinski definition) is 1. The van der Waals surface area contributed by atoms with Gasteiger partial charge in [0.15, 0.2) is 0 Å². The maximum Gasteiger partial charge on any atom is 0.264 e. The van der Waals surface area contributed by atoms with Gasteiger partial charge >= 0.3 is 0 Å². The molecule has 4 nitrogen and oxygen atoms in total. The second kappa shape index (κ2) is 8.87. The Morgan fingerprint density at radius 2 is 2.00 bits per heavy atom. The number of methoxy groups -OCH3 is 3. The molecule has 0 aliphatic rings. The Morgan fingerprint density at radius 1 is 1.39 bits per heavy atom. The molecule has 18 heavy (non-hydrogen) atoms. The predicted molar refractivity (Wildman–Crippen MR) is 71.2 cm³/mol. The minimum atomic E-state index is -2.25. The van der Waals surface area contributed by atoms with Gasteiger partial charge in [0, 0.05) is 27.8 Å². The topological polar surface area (TPSA) is 47.9 Å². The van der Waals surface area contributed by atoms with Gasteiger partial charge in [0.25, 0.3) is 5.85 Å². The average Bonchev–Trinajstić information content (AvgIpc) is 2.37. The molecule has 108 valence electrons. The summed E-state index contributed by atoms with van der Waals surface area (Å²) in [5.74, 6) is -1.46. The van der Waals surface area contributed by atoms with Gasteiger partial charge < -0.3 is 19.3 Å². The molecule has 0 aromatic heterocycles. The Kier molecular flexibility index (Phi) is 8.81. The lowest BCUT2D eigenvalue weighted by atomic mass is 10.1. The lowest BCUT2D eigenvalue weighted by molar-refractivity contribution is -0.270. The van der Waals surface area contributed by atoms with E-state index < -0.39 is 12.1 Å². The van der Waals surface area contributed by atoms with E-state index in [2.05, 4.69) is 4.74 Å². The van der Waals surface area contributed by atoms with E-state index in [0.717, 1.165) is 10.7 Å². The van der Waals surface area contributed by atoms with E-state index in [4.69, 9.17) is 9.47 Å². The third-order valence-corrected chi connectivity index (χ3v) is 3.41. The zero-order chi connectivity index (χ0) is 14.2. The summed E-state index contributed by atoms with van der Waals surface area (Å²) in [5.41, 5.74) is 0. The number of hydrogen-bond acceptors (Lipinski definition) is 5. The SMILES string of the molecule is CCS/C(=C/C(C)OC)CC(F)(OC)C(O)OC. The van der Waals surface area contributed by atoms with Gasteiger partial charge in [0.2, 0.25) is 6.29 Å². The highest BCUT2D eigenvalue weighted by Gasteiger charge is 2.39. The van der Waals surface area contributed by atoms with Crippen LogP contribution in [0, 0.1) is 0 Å². The van der Waals surface area contributed by atoms with Crippen molar-refractivity contribution in [3.8, 4) is 0 Å². The normalized spacial score (nSPS) is 19.4. The molecule has 0 spiro atoms. The van der Waals surface area contributed by atoms with Gasteiger partial charge in [0.1, 0.15) is 0 Å². The molecule has 0 aromatic rings. The van der Waals surface area contributed by atoms with Crippen molar-refractivity contribution < 1.29 is 23.7 Å². The van der Waals surface area contributed by atoms with Crippen molar-refractivity contribution in [3.05, 3.63) is 11.0 Å².